The summed E-state index contributed by atoms with van der Waals surface area (Å²) in [5, 5.41) is 18.2. The van der Waals surface area contributed by atoms with Crippen LogP contribution in [0, 0.1) is 0 Å². The zero-order valence-electron chi connectivity index (χ0n) is 26.1. The molecule has 5 rings (SSSR count). The second-order valence-electron chi connectivity index (χ2n) is 9.71. The molecule has 1 aliphatic heterocycles. The number of sulfonamides is 1. The molecule has 0 aliphatic carbocycles. The van der Waals surface area contributed by atoms with Crippen LogP contribution in [0.25, 0.3) is 0 Å². The number of anilines is 1. The van der Waals surface area contributed by atoms with Crippen molar-refractivity contribution < 1.29 is 47.0 Å². The molecule has 0 saturated carbocycles. The molecule has 4 aromatic rings. The van der Waals surface area contributed by atoms with Crippen molar-refractivity contribution in [2.24, 2.45) is 12.2 Å². The van der Waals surface area contributed by atoms with E-state index in [9.17, 15) is 22.8 Å². The summed E-state index contributed by atoms with van der Waals surface area (Å²) in [6.07, 6.45) is 1.25. The quantitative estimate of drug-likeness (QED) is 0.205. The van der Waals surface area contributed by atoms with E-state index in [1.807, 2.05) is 60.7 Å². The maximum absolute atomic E-state index is 12.6. The minimum Gasteiger partial charge on any atom is -0.481 e. The van der Waals surface area contributed by atoms with Crippen molar-refractivity contribution in [1.29, 1.82) is 0 Å². The molecule has 3 heterocycles. The maximum atomic E-state index is 12.6. The van der Waals surface area contributed by atoms with E-state index in [4.69, 9.17) is 24.2 Å². The van der Waals surface area contributed by atoms with Crippen molar-refractivity contribution in [3.8, 4) is 11.8 Å². The number of hydrogen-bond acceptors (Lipinski definition) is 13. The second-order valence-corrected chi connectivity index (χ2v) is 11.3. The number of rotatable bonds is 10. The highest BCUT2D eigenvalue weighted by Gasteiger charge is 2.44. The second kappa shape index (κ2) is 15.0. The van der Waals surface area contributed by atoms with Crippen LogP contribution in [0.2, 0.25) is 0 Å². The van der Waals surface area contributed by atoms with Crippen LogP contribution in [0.1, 0.15) is 34.8 Å². The third-order valence-electron chi connectivity index (χ3n) is 6.64. The zero-order chi connectivity index (χ0) is 34.9. The number of methoxy groups -OCH3 is 2. The lowest BCUT2D eigenvalue weighted by Gasteiger charge is -2.27. The van der Waals surface area contributed by atoms with E-state index in [-0.39, 0.29) is 42.0 Å². The summed E-state index contributed by atoms with van der Waals surface area (Å²) >= 11 is 0. The molecule has 0 spiro atoms. The summed E-state index contributed by atoms with van der Waals surface area (Å²) in [7, 11) is -0.491. The molecule has 18 heteroatoms. The molecule has 0 radical (unpaired) electrons. The Hall–Kier alpha value is -6.04. The van der Waals surface area contributed by atoms with Gasteiger partial charge < -0.3 is 24.2 Å². The normalized spacial score (nSPS) is 13.1. The molecule has 0 saturated heterocycles. The highest BCUT2D eigenvalue weighted by Crippen LogP contribution is 2.41. The van der Waals surface area contributed by atoms with E-state index < -0.39 is 38.6 Å². The SMILES string of the molecule is CCOC(=O)c1cnn(C)c1S(=O)(=O)NC(=O)Nc1nc(OC)cc(OC)n1.O=C(O)C1=NOC(c2ccccc2)(c2ccccc2)C1. The summed E-state index contributed by atoms with van der Waals surface area (Å²) in [5.74, 6) is -2.03. The summed E-state index contributed by atoms with van der Waals surface area (Å²) in [6, 6.07) is 19.3. The molecule has 48 heavy (non-hydrogen) atoms. The van der Waals surface area contributed by atoms with E-state index >= 15 is 0 Å². The number of carbonyl (C=O) groups excluding carboxylic acids is 2. The van der Waals surface area contributed by atoms with Crippen molar-refractivity contribution in [2.75, 3.05) is 26.1 Å². The lowest BCUT2D eigenvalue weighted by molar-refractivity contribution is -0.129. The third-order valence-corrected chi connectivity index (χ3v) is 8.09. The number of oxime groups is 1. The summed E-state index contributed by atoms with van der Waals surface area (Å²) in [4.78, 5) is 48.5. The van der Waals surface area contributed by atoms with Crippen LogP contribution < -0.4 is 19.5 Å². The number of esters is 1. The van der Waals surface area contributed by atoms with Crippen molar-refractivity contribution in [2.45, 2.75) is 24.0 Å². The molecule has 2 amide bonds. The molecule has 0 fully saturated rings. The lowest BCUT2D eigenvalue weighted by Crippen LogP contribution is -2.36. The van der Waals surface area contributed by atoms with E-state index in [0.717, 1.165) is 22.0 Å². The minimum absolute atomic E-state index is 0.0378. The van der Waals surface area contributed by atoms with Gasteiger partial charge in [-0.2, -0.15) is 23.5 Å². The summed E-state index contributed by atoms with van der Waals surface area (Å²) < 4.78 is 42.5. The van der Waals surface area contributed by atoms with E-state index in [1.54, 1.807) is 11.6 Å². The number of nitrogens with one attached hydrogen (secondary N) is 2. The number of nitrogens with zero attached hydrogens (tertiary/aromatic N) is 5. The Morgan fingerprint density at radius 2 is 1.54 bits per heavy atom. The standard InChI is InChI=1S/C16H13NO3.C14H18N6O7S/c18-15(19)14-11-16(20-17-14,12-7-3-1-4-8-12)13-9-5-2-6-10-13;1-5-27-12(21)8-7-15-20(2)11(8)28(23,24)19-14(22)18-13-16-9(25-3)6-10(17-13)26-4/h1-10H,11H2,(H,18,19);6-7H,5H2,1-4H3,(H2,16,17,18,19,22). The molecule has 17 nitrogen and oxygen atoms in total. The van der Waals surface area contributed by atoms with Gasteiger partial charge in [0.05, 0.1) is 39.5 Å². The number of amides is 2. The van der Waals surface area contributed by atoms with Gasteiger partial charge in [-0.3, -0.25) is 10.00 Å². The van der Waals surface area contributed by atoms with Crippen LogP contribution in [-0.2, 0) is 37.0 Å². The predicted octanol–water partition coefficient (Wildman–Crippen LogP) is 2.71. The lowest BCUT2D eigenvalue weighted by atomic mass is 9.82. The van der Waals surface area contributed by atoms with Crippen LogP contribution in [0.5, 0.6) is 11.8 Å². The Balaban J connectivity index is 0.000000228. The van der Waals surface area contributed by atoms with Gasteiger partial charge in [-0.05, 0) is 6.92 Å². The van der Waals surface area contributed by atoms with Crippen LogP contribution in [0.15, 0.2) is 83.1 Å². The minimum atomic E-state index is -4.47. The average molecular weight is 682 g/mol. The highest BCUT2D eigenvalue weighted by atomic mass is 32.2. The number of ether oxygens (including phenoxy) is 3. The Morgan fingerprint density at radius 3 is 2.02 bits per heavy atom. The fourth-order valence-electron chi connectivity index (χ4n) is 4.50. The topological polar surface area (TPSA) is 223 Å². The number of aromatic nitrogens is 4. The van der Waals surface area contributed by atoms with Crippen molar-refractivity contribution in [1.82, 2.24) is 24.5 Å². The highest BCUT2D eigenvalue weighted by molar-refractivity contribution is 7.90. The van der Waals surface area contributed by atoms with Gasteiger partial charge in [-0.1, -0.05) is 65.8 Å². The van der Waals surface area contributed by atoms with Crippen LogP contribution >= 0.6 is 0 Å². The van der Waals surface area contributed by atoms with Crippen molar-refractivity contribution >= 4 is 39.7 Å². The first kappa shape index (κ1) is 34.8. The fraction of sp³-hybridized carbons (Fsp3) is 0.233. The number of aryl methyl sites for hydroxylation is 1. The molecule has 3 N–H and O–H groups in total. The van der Waals surface area contributed by atoms with Gasteiger partial charge in [0, 0.05) is 18.2 Å². The molecular weight excluding hydrogens is 650 g/mol. The predicted molar refractivity (Wildman–Crippen MR) is 168 cm³/mol. The van der Waals surface area contributed by atoms with Crippen molar-refractivity contribution in [3.63, 3.8) is 0 Å². The van der Waals surface area contributed by atoms with Gasteiger partial charge in [0.25, 0.3) is 10.0 Å². The van der Waals surface area contributed by atoms with Crippen LogP contribution in [0.3, 0.4) is 0 Å². The summed E-state index contributed by atoms with van der Waals surface area (Å²) in [6.45, 7) is 1.60. The first-order valence-electron chi connectivity index (χ1n) is 14.0. The van der Waals surface area contributed by atoms with Crippen LogP contribution in [-0.4, -0.2) is 77.8 Å². The van der Waals surface area contributed by atoms with Gasteiger partial charge >= 0.3 is 18.0 Å². The maximum Gasteiger partial charge on any atom is 0.353 e. The molecule has 0 atom stereocenters. The molecule has 2 aromatic carbocycles. The molecule has 1 aliphatic rings. The molecule has 0 bridgehead atoms. The third kappa shape index (κ3) is 7.84. The number of aliphatic carboxylic acids is 1. The van der Waals surface area contributed by atoms with Gasteiger partial charge in [0.15, 0.2) is 16.3 Å². The first-order chi connectivity index (χ1) is 22.9. The van der Waals surface area contributed by atoms with Crippen molar-refractivity contribution in [3.05, 3.63) is 89.6 Å². The largest absolute Gasteiger partial charge is 0.481 e. The smallest absolute Gasteiger partial charge is 0.353 e. The summed E-state index contributed by atoms with van der Waals surface area (Å²) in [5.41, 5.74) is 0.662. The number of carbonyl (C=O) groups is 3. The Bertz CT molecular complexity index is 1850. The number of carboxylic acids is 1. The number of benzene rings is 2. The van der Waals surface area contributed by atoms with Gasteiger partial charge in [-0.15, -0.1) is 0 Å². The van der Waals surface area contributed by atoms with Gasteiger partial charge in [-0.25, -0.2) is 19.1 Å². The molecule has 0 unspecified atom stereocenters. The molecule has 252 valence electrons. The first-order valence-corrected chi connectivity index (χ1v) is 15.5. The monoisotopic (exact) mass is 681 g/mol. The van der Waals surface area contributed by atoms with Gasteiger partial charge in [0.2, 0.25) is 17.7 Å². The molecular formula is C30H31N7O10S. The number of carboxylic acid groups (broad SMARTS) is 1. The van der Waals surface area contributed by atoms with Gasteiger partial charge in [0.1, 0.15) is 5.56 Å². The Kier molecular flexibility index (Phi) is 10.9. The molecule has 2 aromatic heterocycles. The van der Waals surface area contributed by atoms with Crippen LogP contribution in [0.4, 0.5) is 10.7 Å². The van der Waals surface area contributed by atoms with E-state index in [1.165, 1.54) is 27.3 Å². The Labute approximate surface area is 274 Å². The Morgan fingerprint density at radius 1 is 0.979 bits per heavy atom. The van der Waals surface area contributed by atoms with E-state index in [2.05, 4.69) is 25.5 Å². The average Bonchev–Trinajstić information content (AvgIpc) is 3.71. The zero-order valence-corrected chi connectivity index (χ0v) is 26.9. The number of urea groups is 1. The fourth-order valence-corrected chi connectivity index (χ4v) is 5.71. The number of hydrogen-bond donors (Lipinski definition) is 3. The van der Waals surface area contributed by atoms with E-state index in [0.29, 0.717) is 0 Å².